The zero-order chi connectivity index (χ0) is 28.2. The van der Waals surface area contributed by atoms with Crippen LogP contribution in [-0.4, -0.2) is 66.1 Å². The molecule has 0 radical (unpaired) electrons. The second-order valence-corrected chi connectivity index (χ2v) is 10.9. The van der Waals surface area contributed by atoms with Crippen LogP contribution in [0.1, 0.15) is 28.9 Å². The second kappa shape index (κ2) is 11.9. The number of methoxy groups -OCH3 is 1. The van der Waals surface area contributed by atoms with Gasteiger partial charge in [-0.3, -0.25) is 14.4 Å². The Morgan fingerprint density at radius 2 is 1.95 bits per heavy atom. The van der Waals surface area contributed by atoms with Crippen molar-refractivity contribution in [2.45, 2.75) is 25.3 Å². The summed E-state index contributed by atoms with van der Waals surface area (Å²) in [5.74, 6) is 1.43. The van der Waals surface area contributed by atoms with E-state index in [-0.39, 0.29) is 29.8 Å². The van der Waals surface area contributed by atoms with Gasteiger partial charge in [-0.25, -0.2) is 4.98 Å². The van der Waals surface area contributed by atoms with E-state index in [1.807, 2.05) is 41.3 Å². The van der Waals surface area contributed by atoms with Crippen molar-refractivity contribution in [1.29, 1.82) is 0 Å². The third-order valence-corrected chi connectivity index (χ3v) is 8.63. The van der Waals surface area contributed by atoms with Gasteiger partial charge in [0.25, 0.3) is 5.91 Å². The molecule has 1 aliphatic rings. The van der Waals surface area contributed by atoms with Crippen LogP contribution in [0.3, 0.4) is 0 Å². The van der Waals surface area contributed by atoms with Gasteiger partial charge < -0.3 is 24.4 Å². The fourth-order valence-electron chi connectivity index (χ4n) is 5.25. The first-order valence-electron chi connectivity index (χ1n) is 13.3. The lowest BCUT2D eigenvalue weighted by molar-refractivity contribution is -0.120. The number of ether oxygens (including phenoxy) is 1. The predicted octanol–water partition coefficient (Wildman–Crippen LogP) is 3.92. The van der Waals surface area contributed by atoms with E-state index in [9.17, 15) is 14.4 Å². The number of aromatic nitrogens is 2. The van der Waals surface area contributed by atoms with Crippen LogP contribution in [0.2, 0.25) is 0 Å². The van der Waals surface area contributed by atoms with Crippen LogP contribution in [0.25, 0.3) is 21.2 Å². The number of thiophene rings is 1. The third kappa shape index (κ3) is 5.58. The van der Waals surface area contributed by atoms with Crippen LogP contribution in [-0.2, 0) is 11.8 Å². The molecule has 0 spiro atoms. The van der Waals surface area contributed by atoms with E-state index in [0.717, 1.165) is 53.0 Å². The Bertz CT molecular complexity index is 1570. The summed E-state index contributed by atoms with van der Waals surface area (Å²) in [7, 11) is 4.95. The number of aryl methyl sites for hydroxylation is 1. The highest BCUT2D eigenvalue weighted by molar-refractivity contribution is 7.21. The van der Waals surface area contributed by atoms with E-state index < -0.39 is 0 Å². The zero-order valence-corrected chi connectivity index (χ0v) is 23.7. The molecule has 40 heavy (non-hydrogen) atoms. The molecule has 208 valence electrons. The summed E-state index contributed by atoms with van der Waals surface area (Å²) in [5.41, 5.74) is 1.72. The van der Waals surface area contributed by atoms with Gasteiger partial charge in [-0.1, -0.05) is 6.07 Å². The molecule has 3 aromatic heterocycles. The minimum atomic E-state index is -0.0984. The zero-order valence-electron chi connectivity index (χ0n) is 22.9. The van der Waals surface area contributed by atoms with E-state index in [4.69, 9.17) is 4.74 Å². The molecule has 0 bridgehead atoms. The van der Waals surface area contributed by atoms with E-state index >= 15 is 0 Å². The molecule has 4 aromatic rings. The van der Waals surface area contributed by atoms with Gasteiger partial charge >= 0.3 is 0 Å². The van der Waals surface area contributed by atoms with Gasteiger partial charge in [0.05, 0.1) is 12.0 Å². The van der Waals surface area contributed by atoms with Crippen molar-refractivity contribution in [1.82, 2.24) is 19.8 Å². The summed E-state index contributed by atoms with van der Waals surface area (Å²) >= 11 is 1.42. The smallest absolute Gasteiger partial charge is 0.264 e. The number of carbonyl (C=O) groups is 2. The highest BCUT2D eigenvalue weighted by Gasteiger charge is 2.30. The van der Waals surface area contributed by atoms with Gasteiger partial charge in [-0.15, -0.1) is 11.3 Å². The Morgan fingerprint density at radius 1 is 1.15 bits per heavy atom. The van der Waals surface area contributed by atoms with Crippen molar-refractivity contribution in [2.24, 2.45) is 7.05 Å². The molecule has 0 saturated carbocycles. The normalized spacial score (nSPS) is 13.8. The minimum absolute atomic E-state index is 0.00680. The molecule has 10 heteroatoms. The number of amides is 2. The van der Waals surface area contributed by atoms with E-state index in [2.05, 4.69) is 15.2 Å². The van der Waals surface area contributed by atoms with Crippen LogP contribution >= 0.6 is 11.3 Å². The van der Waals surface area contributed by atoms with Gasteiger partial charge in [-0.05, 0) is 54.8 Å². The SMILES string of the molecule is CNC(=O)CCN(C(=O)c1cc2c(OC)ccc(-c3ccc(=O)n(C)c3)c2s1)C1CCN(c2ccccn2)CC1. The first kappa shape index (κ1) is 27.4. The fourth-order valence-corrected chi connectivity index (χ4v) is 6.42. The first-order chi connectivity index (χ1) is 19.4. The van der Waals surface area contributed by atoms with Crippen LogP contribution < -0.4 is 20.5 Å². The van der Waals surface area contributed by atoms with Crippen molar-refractivity contribution >= 4 is 39.1 Å². The quantitative estimate of drug-likeness (QED) is 0.352. The molecule has 9 nitrogen and oxygen atoms in total. The third-order valence-electron chi connectivity index (χ3n) is 7.47. The molecule has 4 heterocycles. The molecule has 0 unspecified atom stereocenters. The summed E-state index contributed by atoms with van der Waals surface area (Å²) in [6, 6.07) is 15.0. The van der Waals surface area contributed by atoms with E-state index in [1.165, 1.54) is 11.3 Å². The number of fused-ring (bicyclic) bond motifs is 1. The highest BCUT2D eigenvalue weighted by Crippen LogP contribution is 2.40. The van der Waals surface area contributed by atoms with Gasteiger partial charge in [0.15, 0.2) is 0 Å². The molecule has 1 aliphatic heterocycles. The van der Waals surface area contributed by atoms with Crippen LogP contribution in [0.15, 0.2) is 65.7 Å². The topological polar surface area (TPSA) is 96.8 Å². The lowest BCUT2D eigenvalue weighted by Crippen LogP contribution is -2.48. The number of piperidine rings is 1. The number of nitrogens with zero attached hydrogens (tertiary/aromatic N) is 4. The van der Waals surface area contributed by atoms with E-state index in [0.29, 0.717) is 17.2 Å². The van der Waals surface area contributed by atoms with E-state index in [1.54, 1.807) is 50.3 Å². The molecule has 1 N–H and O–H groups in total. The number of carbonyl (C=O) groups excluding carboxylic acids is 2. The van der Waals surface area contributed by atoms with Crippen molar-refractivity contribution < 1.29 is 14.3 Å². The second-order valence-electron chi connectivity index (χ2n) is 9.86. The summed E-state index contributed by atoms with van der Waals surface area (Å²) < 4.78 is 8.10. The number of anilines is 1. The predicted molar refractivity (Wildman–Crippen MR) is 158 cm³/mol. The van der Waals surface area contributed by atoms with Crippen LogP contribution in [0.4, 0.5) is 5.82 Å². The van der Waals surface area contributed by atoms with Gasteiger partial charge in [0.2, 0.25) is 11.5 Å². The number of hydrogen-bond donors (Lipinski definition) is 1. The van der Waals surface area contributed by atoms with Gasteiger partial charge in [0.1, 0.15) is 11.6 Å². The summed E-state index contributed by atoms with van der Waals surface area (Å²) in [6.45, 7) is 1.90. The number of benzene rings is 1. The van der Waals surface area contributed by atoms with Crippen molar-refractivity contribution in [3.63, 3.8) is 0 Å². The largest absolute Gasteiger partial charge is 0.496 e. The monoisotopic (exact) mass is 559 g/mol. The number of nitrogens with one attached hydrogen (secondary N) is 1. The lowest BCUT2D eigenvalue weighted by atomic mass is 10.0. The number of rotatable bonds is 8. The van der Waals surface area contributed by atoms with Gasteiger partial charge in [0, 0.05) is 80.3 Å². The molecular formula is C30H33N5O4S. The molecule has 0 atom stereocenters. The Morgan fingerprint density at radius 3 is 2.62 bits per heavy atom. The Balaban J connectivity index is 1.47. The Kier molecular flexibility index (Phi) is 8.16. The standard InChI is InChI=1S/C30H33N5O4S/c1-31-27(36)13-17-35(21-11-15-34(16-12-21)26-6-4-5-14-32-26)30(38)25-18-23-24(39-3)9-8-22(29(23)40-25)20-7-10-28(37)33(2)19-20/h4-10,14,18-19,21H,11-13,15-17H2,1-3H3,(H,31,36). The molecular weight excluding hydrogens is 526 g/mol. The van der Waals surface area contributed by atoms with Crippen molar-refractivity contribution in [3.05, 3.63) is 76.2 Å². The number of pyridine rings is 2. The molecule has 5 rings (SSSR count). The van der Waals surface area contributed by atoms with Crippen LogP contribution in [0, 0.1) is 0 Å². The highest BCUT2D eigenvalue weighted by atomic mass is 32.1. The molecule has 1 aromatic carbocycles. The van der Waals surface area contributed by atoms with Gasteiger partial charge in [-0.2, -0.15) is 0 Å². The van der Waals surface area contributed by atoms with Crippen LogP contribution in [0.5, 0.6) is 5.75 Å². The fraction of sp³-hybridized carbons (Fsp3) is 0.333. The van der Waals surface area contributed by atoms with Crippen molar-refractivity contribution in [2.75, 3.05) is 38.7 Å². The van der Waals surface area contributed by atoms with Crippen molar-refractivity contribution in [3.8, 4) is 16.9 Å². The number of hydrogen-bond acceptors (Lipinski definition) is 7. The Labute approximate surface area is 237 Å². The first-order valence-corrected chi connectivity index (χ1v) is 14.2. The maximum atomic E-state index is 14.1. The minimum Gasteiger partial charge on any atom is -0.496 e. The molecule has 0 aliphatic carbocycles. The summed E-state index contributed by atoms with van der Waals surface area (Å²) in [6.07, 6.45) is 5.40. The lowest BCUT2D eigenvalue weighted by Gasteiger charge is -2.39. The average molecular weight is 560 g/mol. The maximum absolute atomic E-state index is 14.1. The molecule has 1 fully saturated rings. The average Bonchev–Trinajstić information content (AvgIpc) is 3.44. The summed E-state index contributed by atoms with van der Waals surface area (Å²) in [4.78, 5) is 47.4. The summed E-state index contributed by atoms with van der Waals surface area (Å²) in [5, 5.41) is 3.52. The molecule has 1 saturated heterocycles. The maximum Gasteiger partial charge on any atom is 0.264 e. The molecule has 2 amide bonds. The Hall–Kier alpha value is -4.18.